The standard InChI is InChI=1S/C21H26N6O6S/c1-24-17-12-25(34(2,31)32)7-6-13(17)14-9-22-27(20(28)19(14)24)11-16-15(21(29)30)10-26(23-16)18-5-3-4-8-33-18/h9-10,18H,3-8,11-12H2,1-2H3,(H,29,30). The molecule has 0 saturated carbocycles. The van der Waals surface area contributed by atoms with Gasteiger partial charge in [0.25, 0.3) is 5.56 Å². The van der Waals surface area contributed by atoms with Crippen molar-refractivity contribution in [1.82, 2.24) is 28.4 Å². The number of fused-ring (bicyclic) bond motifs is 3. The van der Waals surface area contributed by atoms with Crippen LogP contribution in [0.3, 0.4) is 0 Å². The molecule has 2 aliphatic heterocycles. The Morgan fingerprint density at radius 3 is 2.79 bits per heavy atom. The number of hydrogen-bond donors (Lipinski definition) is 1. The average molecular weight is 491 g/mol. The molecule has 3 aromatic heterocycles. The summed E-state index contributed by atoms with van der Waals surface area (Å²) < 4.78 is 35.6. The van der Waals surface area contributed by atoms with Crippen molar-refractivity contribution in [3.05, 3.63) is 45.3 Å². The maximum Gasteiger partial charge on any atom is 0.339 e. The fourth-order valence-electron chi connectivity index (χ4n) is 4.82. The van der Waals surface area contributed by atoms with E-state index in [1.807, 2.05) is 0 Å². The summed E-state index contributed by atoms with van der Waals surface area (Å²) in [5.74, 6) is -1.14. The van der Waals surface area contributed by atoms with Crippen molar-refractivity contribution < 1.29 is 23.1 Å². The Morgan fingerprint density at radius 1 is 1.32 bits per heavy atom. The zero-order chi connectivity index (χ0) is 24.2. The van der Waals surface area contributed by atoms with Crippen LogP contribution < -0.4 is 5.56 Å². The van der Waals surface area contributed by atoms with Gasteiger partial charge in [0, 0.05) is 37.5 Å². The molecular weight excluding hydrogens is 464 g/mol. The molecule has 0 radical (unpaired) electrons. The molecule has 0 spiro atoms. The van der Waals surface area contributed by atoms with Gasteiger partial charge in [0.1, 0.15) is 17.3 Å². The summed E-state index contributed by atoms with van der Waals surface area (Å²) >= 11 is 0. The van der Waals surface area contributed by atoms with E-state index in [9.17, 15) is 23.1 Å². The molecule has 1 fully saturated rings. The second-order valence-electron chi connectivity index (χ2n) is 8.80. The molecular formula is C21H26N6O6S. The number of nitrogens with zero attached hydrogens (tertiary/aromatic N) is 6. The molecule has 1 atom stereocenters. The summed E-state index contributed by atoms with van der Waals surface area (Å²) in [6.45, 7) is 1.01. The van der Waals surface area contributed by atoms with Crippen LogP contribution in [0.5, 0.6) is 0 Å². The molecule has 2 aliphatic rings. The fourth-order valence-corrected chi connectivity index (χ4v) is 5.60. The number of hydrogen-bond acceptors (Lipinski definition) is 7. The van der Waals surface area contributed by atoms with E-state index in [0.717, 1.165) is 30.5 Å². The lowest BCUT2D eigenvalue weighted by atomic mass is 10.1. The normalized spacial score (nSPS) is 19.4. The molecule has 1 unspecified atom stereocenters. The lowest BCUT2D eigenvalue weighted by Gasteiger charge is -2.25. The highest BCUT2D eigenvalue weighted by molar-refractivity contribution is 7.88. The molecule has 1 saturated heterocycles. The largest absolute Gasteiger partial charge is 0.478 e. The average Bonchev–Trinajstić information content (AvgIpc) is 3.35. The van der Waals surface area contributed by atoms with Crippen LogP contribution >= 0.6 is 0 Å². The topological polar surface area (TPSA) is 142 Å². The van der Waals surface area contributed by atoms with E-state index in [4.69, 9.17) is 4.74 Å². The zero-order valence-electron chi connectivity index (χ0n) is 19.0. The van der Waals surface area contributed by atoms with E-state index in [1.54, 1.807) is 17.8 Å². The minimum Gasteiger partial charge on any atom is -0.478 e. The first-order valence-corrected chi connectivity index (χ1v) is 12.9. The molecule has 1 N–H and O–H groups in total. The van der Waals surface area contributed by atoms with Gasteiger partial charge in [0.2, 0.25) is 10.0 Å². The van der Waals surface area contributed by atoms with Gasteiger partial charge in [-0.05, 0) is 31.2 Å². The highest BCUT2D eigenvalue weighted by Crippen LogP contribution is 2.29. The summed E-state index contributed by atoms with van der Waals surface area (Å²) in [7, 11) is -1.62. The van der Waals surface area contributed by atoms with Gasteiger partial charge in [-0.15, -0.1) is 0 Å². The van der Waals surface area contributed by atoms with Gasteiger partial charge in [0.05, 0.1) is 31.2 Å². The number of sulfonamides is 1. The molecule has 182 valence electrons. The summed E-state index contributed by atoms with van der Waals surface area (Å²) in [4.78, 5) is 25.2. The van der Waals surface area contributed by atoms with Gasteiger partial charge in [-0.1, -0.05) is 0 Å². The van der Waals surface area contributed by atoms with Crippen LogP contribution in [0.2, 0.25) is 0 Å². The number of carboxylic acid groups (broad SMARTS) is 1. The Kier molecular flexibility index (Phi) is 5.57. The Hall–Kier alpha value is -3.03. The maximum absolute atomic E-state index is 13.4. The Labute approximate surface area is 195 Å². The number of aryl methyl sites for hydroxylation is 1. The Balaban J connectivity index is 1.53. The van der Waals surface area contributed by atoms with Crippen molar-refractivity contribution in [2.45, 2.75) is 45.0 Å². The quantitative estimate of drug-likeness (QED) is 0.551. The number of aromatic carboxylic acids is 1. The monoisotopic (exact) mass is 490 g/mol. The zero-order valence-corrected chi connectivity index (χ0v) is 19.8. The van der Waals surface area contributed by atoms with Crippen LogP contribution in [-0.2, 0) is 41.3 Å². The Bertz CT molecular complexity index is 1450. The summed E-state index contributed by atoms with van der Waals surface area (Å²) in [5.41, 5.74) is 1.91. The molecule has 34 heavy (non-hydrogen) atoms. The number of aromatic nitrogens is 5. The molecule has 0 aromatic carbocycles. The lowest BCUT2D eigenvalue weighted by Crippen LogP contribution is -2.35. The van der Waals surface area contributed by atoms with Crippen molar-refractivity contribution >= 4 is 26.9 Å². The lowest BCUT2D eigenvalue weighted by molar-refractivity contribution is -0.0397. The van der Waals surface area contributed by atoms with E-state index < -0.39 is 16.0 Å². The van der Waals surface area contributed by atoms with Gasteiger partial charge < -0.3 is 14.4 Å². The van der Waals surface area contributed by atoms with Gasteiger partial charge in [0.15, 0.2) is 0 Å². The summed E-state index contributed by atoms with van der Waals surface area (Å²) in [6, 6.07) is 0. The van der Waals surface area contributed by atoms with Crippen molar-refractivity contribution in [3.8, 4) is 0 Å². The number of carbonyl (C=O) groups is 1. The van der Waals surface area contributed by atoms with E-state index in [0.29, 0.717) is 30.5 Å². The van der Waals surface area contributed by atoms with Crippen molar-refractivity contribution in [3.63, 3.8) is 0 Å². The summed E-state index contributed by atoms with van der Waals surface area (Å²) in [5, 5.41) is 19.1. The minimum absolute atomic E-state index is 0.00191. The molecule has 5 heterocycles. The van der Waals surface area contributed by atoms with Crippen LogP contribution in [-0.4, -0.2) is 67.3 Å². The van der Waals surface area contributed by atoms with Gasteiger partial charge >= 0.3 is 5.97 Å². The van der Waals surface area contributed by atoms with Crippen LogP contribution in [0.25, 0.3) is 10.9 Å². The van der Waals surface area contributed by atoms with Crippen LogP contribution in [0.1, 0.15) is 52.8 Å². The van der Waals surface area contributed by atoms with Gasteiger partial charge in [-0.3, -0.25) is 4.79 Å². The van der Waals surface area contributed by atoms with E-state index in [-0.39, 0.29) is 36.1 Å². The van der Waals surface area contributed by atoms with Crippen LogP contribution in [0, 0.1) is 0 Å². The Morgan fingerprint density at radius 2 is 2.12 bits per heavy atom. The second kappa shape index (κ2) is 8.32. The summed E-state index contributed by atoms with van der Waals surface area (Å²) in [6.07, 6.45) is 7.03. The van der Waals surface area contributed by atoms with Crippen molar-refractivity contribution in [1.29, 1.82) is 0 Å². The van der Waals surface area contributed by atoms with E-state index in [2.05, 4.69) is 10.2 Å². The van der Waals surface area contributed by atoms with Crippen LogP contribution in [0.4, 0.5) is 0 Å². The first kappa shape index (κ1) is 22.7. The van der Waals surface area contributed by atoms with Crippen molar-refractivity contribution in [2.24, 2.45) is 7.05 Å². The fraction of sp³-hybridized carbons (Fsp3) is 0.524. The highest BCUT2D eigenvalue weighted by atomic mass is 32.2. The smallest absolute Gasteiger partial charge is 0.339 e. The van der Waals surface area contributed by atoms with E-state index >= 15 is 0 Å². The molecule has 3 aromatic rings. The van der Waals surface area contributed by atoms with Crippen LogP contribution in [0.15, 0.2) is 17.2 Å². The predicted molar refractivity (Wildman–Crippen MR) is 121 cm³/mol. The SMILES string of the molecule is Cn1c2c(c3cnn(Cc4nn(C5CCCCO5)cc4C(=O)O)c(=O)c31)CCN(S(C)(=O)=O)C2. The molecule has 5 rings (SSSR count). The van der Waals surface area contributed by atoms with Gasteiger partial charge in [-0.25, -0.2) is 22.6 Å². The third kappa shape index (κ3) is 3.83. The molecule has 12 nitrogen and oxygen atoms in total. The van der Waals surface area contributed by atoms with Gasteiger partial charge in [-0.2, -0.15) is 14.5 Å². The number of rotatable bonds is 5. The number of ether oxygens (including phenoxy) is 1. The predicted octanol–water partition coefficient (Wildman–Crippen LogP) is 0.695. The first-order chi connectivity index (χ1) is 16.1. The molecule has 13 heteroatoms. The van der Waals surface area contributed by atoms with Crippen molar-refractivity contribution in [2.75, 3.05) is 19.4 Å². The minimum atomic E-state index is -3.36. The number of carboxylic acids is 1. The molecule has 0 bridgehead atoms. The molecule has 0 aliphatic carbocycles. The van der Waals surface area contributed by atoms with E-state index in [1.165, 1.54) is 26.1 Å². The second-order valence-corrected chi connectivity index (χ2v) is 10.8. The highest BCUT2D eigenvalue weighted by Gasteiger charge is 2.29. The molecule has 0 amide bonds. The third-order valence-corrected chi connectivity index (χ3v) is 7.88. The maximum atomic E-state index is 13.4. The first-order valence-electron chi connectivity index (χ1n) is 11.1. The third-order valence-electron chi connectivity index (χ3n) is 6.63.